The van der Waals surface area contributed by atoms with Crippen LogP contribution in [0.25, 0.3) is 0 Å². The number of nitriles is 1. The van der Waals surface area contributed by atoms with Gasteiger partial charge < -0.3 is 5.32 Å². The Morgan fingerprint density at radius 3 is 2.92 bits per heavy atom. The summed E-state index contributed by atoms with van der Waals surface area (Å²) < 4.78 is 16.0. The lowest BCUT2D eigenvalue weighted by Crippen LogP contribution is -2.28. The van der Waals surface area contributed by atoms with Crippen LogP contribution in [-0.4, -0.2) is 14.8 Å². The van der Waals surface area contributed by atoms with Crippen molar-refractivity contribution in [1.29, 1.82) is 5.26 Å². The molecule has 1 aliphatic heterocycles. The second-order valence-corrected chi connectivity index (χ2v) is 5.74. The molecule has 0 unspecified atom stereocenters. The Bertz CT molecular complexity index is 927. The summed E-state index contributed by atoms with van der Waals surface area (Å²) in [6, 6.07) is 16.0. The number of nitrogens with one attached hydrogen (secondary N) is 1. The first-order chi connectivity index (χ1) is 11.8. The van der Waals surface area contributed by atoms with E-state index in [1.54, 1.807) is 22.9 Å². The molecule has 0 fully saturated rings. The highest BCUT2D eigenvalue weighted by Gasteiger charge is 2.31. The van der Waals surface area contributed by atoms with Crippen LogP contribution < -0.4 is 5.32 Å². The predicted molar refractivity (Wildman–Crippen MR) is 86.7 cm³/mol. The minimum Gasteiger partial charge on any atom is -0.347 e. The maximum absolute atomic E-state index is 14.2. The number of rotatable bonds is 2. The van der Waals surface area contributed by atoms with Gasteiger partial charge in [0.25, 0.3) is 0 Å². The molecule has 5 nitrogen and oxygen atoms in total. The van der Waals surface area contributed by atoms with E-state index in [1.807, 2.05) is 24.3 Å². The van der Waals surface area contributed by atoms with Gasteiger partial charge in [-0.3, -0.25) is 0 Å². The smallest absolute Gasteiger partial charge is 0.222 e. The number of anilines is 1. The van der Waals surface area contributed by atoms with Crippen LogP contribution in [-0.2, 0) is 0 Å². The Hall–Kier alpha value is -3.20. The molecular formula is C18H14FN5. The van der Waals surface area contributed by atoms with Crippen LogP contribution in [0.15, 0.2) is 54.9 Å². The fourth-order valence-electron chi connectivity index (χ4n) is 3.17. The quantitative estimate of drug-likeness (QED) is 0.786. The molecule has 118 valence electrons. The fourth-order valence-corrected chi connectivity index (χ4v) is 3.17. The summed E-state index contributed by atoms with van der Waals surface area (Å²) in [4.78, 5) is 4.23. The van der Waals surface area contributed by atoms with E-state index in [2.05, 4.69) is 21.5 Å². The summed E-state index contributed by atoms with van der Waals surface area (Å²) in [5, 5.41) is 16.7. The van der Waals surface area contributed by atoms with E-state index in [0.717, 1.165) is 5.56 Å². The van der Waals surface area contributed by atoms with E-state index in [0.29, 0.717) is 23.5 Å². The first-order valence-electron chi connectivity index (χ1n) is 7.67. The van der Waals surface area contributed by atoms with Gasteiger partial charge in [0.1, 0.15) is 12.1 Å². The Labute approximate surface area is 138 Å². The third-order valence-corrected chi connectivity index (χ3v) is 4.31. The van der Waals surface area contributed by atoms with Crippen LogP contribution in [0.2, 0.25) is 0 Å². The van der Waals surface area contributed by atoms with Gasteiger partial charge >= 0.3 is 0 Å². The molecule has 4 rings (SSSR count). The summed E-state index contributed by atoms with van der Waals surface area (Å²) in [6.45, 7) is 0. The predicted octanol–water partition coefficient (Wildman–Crippen LogP) is 3.44. The monoisotopic (exact) mass is 319 g/mol. The number of halogens is 1. The highest BCUT2D eigenvalue weighted by molar-refractivity contribution is 5.40. The Kier molecular flexibility index (Phi) is 3.47. The van der Waals surface area contributed by atoms with Crippen LogP contribution in [0.1, 0.15) is 35.2 Å². The molecule has 0 radical (unpaired) electrons. The van der Waals surface area contributed by atoms with Crippen molar-refractivity contribution in [3.63, 3.8) is 0 Å². The third-order valence-electron chi connectivity index (χ3n) is 4.31. The number of fused-ring (bicyclic) bond motifs is 1. The molecule has 0 bridgehead atoms. The normalized spacial score (nSPS) is 19.2. The summed E-state index contributed by atoms with van der Waals surface area (Å²) in [7, 11) is 0. The number of hydrogen-bond acceptors (Lipinski definition) is 4. The van der Waals surface area contributed by atoms with Crippen molar-refractivity contribution in [2.45, 2.75) is 18.5 Å². The van der Waals surface area contributed by atoms with Crippen molar-refractivity contribution in [2.75, 3.05) is 5.32 Å². The van der Waals surface area contributed by atoms with Crippen molar-refractivity contribution in [1.82, 2.24) is 14.8 Å². The second-order valence-electron chi connectivity index (χ2n) is 5.74. The maximum Gasteiger partial charge on any atom is 0.222 e. The van der Waals surface area contributed by atoms with E-state index >= 15 is 0 Å². The molecule has 0 saturated heterocycles. The summed E-state index contributed by atoms with van der Waals surface area (Å²) in [6.07, 6.45) is 2.10. The topological polar surface area (TPSA) is 66.5 Å². The largest absolute Gasteiger partial charge is 0.347 e. The van der Waals surface area contributed by atoms with E-state index in [4.69, 9.17) is 5.26 Å². The average Bonchev–Trinajstić information content (AvgIpc) is 3.10. The highest BCUT2D eigenvalue weighted by Crippen LogP contribution is 2.38. The summed E-state index contributed by atoms with van der Waals surface area (Å²) >= 11 is 0. The molecule has 6 heteroatoms. The molecule has 2 heterocycles. The van der Waals surface area contributed by atoms with Gasteiger partial charge in [-0.1, -0.05) is 30.3 Å². The number of aromatic nitrogens is 3. The van der Waals surface area contributed by atoms with Gasteiger partial charge in [-0.2, -0.15) is 15.3 Å². The molecule has 1 aromatic heterocycles. The van der Waals surface area contributed by atoms with Crippen LogP contribution >= 0.6 is 0 Å². The van der Waals surface area contributed by atoms with E-state index in [-0.39, 0.29) is 17.9 Å². The van der Waals surface area contributed by atoms with Gasteiger partial charge in [0.15, 0.2) is 0 Å². The number of benzene rings is 2. The van der Waals surface area contributed by atoms with Gasteiger partial charge in [-0.15, -0.1) is 0 Å². The molecule has 3 aromatic rings. The number of nitrogens with zero attached hydrogens (tertiary/aromatic N) is 4. The second kappa shape index (κ2) is 5.78. The summed E-state index contributed by atoms with van der Waals surface area (Å²) in [5.41, 5.74) is 2.16. The SMILES string of the molecule is N#Cc1cccc([C@@H]2C[C@H](c3ccccc3F)Nc3ncnn32)c1. The molecule has 0 saturated carbocycles. The van der Waals surface area contributed by atoms with Crippen molar-refractivity contribution >= 4 is 5.95 Å². The van der Waals surface area contributed by atoms with Gasteiger partial charge in [-0.05, 0) is 30.2 Å². The molecule has 2 atom stereocenters. The standard InChI is InChI=1S/C18H14FN5/c19-15-7-2-1-6-14(15)16-9-17(24-18(23-16)21-11-22-24)13-5-3-4-12(8-13)10-20/h1-8,11,16-17H,9H2,(H,21,22,23)/t16-,17+/m1/s1. The molecule has 1 N–H and O–H groups in total. The van der Waals surface area contributed by atoms with E-state index in [1.165, 1.54) is 12.4 Å². The van der Waals surface area contributed by atoms with Crippen molar-refractivity contribution < 1.29 is 4.39 Å². The van der Waals surface area contributed by atoms with Crippen LogP contribution in [0, 0.1) is 17.1 Å². The van der Waals surface area contributed by atoms with Gasteiger partial charge in [0, 0.05) is 5.56 Å². The van der Waals surface area contributed by atoms with Crippen molar-refractivity contribution in [3.05, 3.63) is 77.4 Å². The average molecular weight is 319 g/mol. The van der Waals surface area contributed by atoms with Crippen LogP contribution in [0.3, 0.4) is 0 Å². The van der Waals surface area contributed by atoms with E-state index in [9.17, 15) is 4.39 Å². The van der Waals surface area contributed by atoms with Crippen LogP contribution in [0.4, 0.5) is 10.3 Å². The lowest BCUT2D eigenvalue weighted by Gasteiger charge is -2.32. The van der Waals surface area contributed by atoms with Gasteiger partial charge in [0.2, 0.25) is 5.95 Å². The molecule has 0 aliphatic carbocycles. The highest BCUT2D eigenvalue weighted by atomic mass is 19.1. The van der Waals surface area contributed by atoms with Crippen molar-refractivity contribution in [3.8, 4) is 6.07 Å². The number of hydrogen-bond donors (Lipinski definition) is 1. The Balaban J connectivity index is 1.77. The third kappa shape index (κ3) is 2.40. The lowest BCUT2D eigenvalue weighted by molar-refractivity contribution is 0.423. The molecule has 0 spiro atoms. The molecule has 1 aliphatic rings. The fraction of sp³-hybridized carbons (Fsp3) is 0.167. The molecular weight excluding hydrogens is 305 g/mol. The van der Waals surface area contributed by atoms with Gasteiger partial charge in [-0.25, -0.2) is 9.07 Å². The van der Waals surface area contributed by atoms with E-state index < -0.39 is 0 Å². The molecule has 24 heavy (non-hydrogen) atoms. The zero-order valence-electron chi connectivity index (χ0n) is 12.7. The minimum absolute atomic E-state index is 0.110. The Morgan fingerprint density at radius 2 is 2.08 bits per heavy atom. The zero-order chi connectivity index (χ0) is 16.5. The Morgan fingerprint density at radius 1 is 1.21 bits per heavy atom. The minimum atomic E-state index is -0.243. The first kappa shape index (κ1) is 14.4. The maximum atomic E-state index is 14.2. The van der Waals surface area contributed by atoms with Crippen LogP contribution in [0.5, 0.6) is 0 Å². The first-order valence-corrected chi connectivity index (χ1v) is 7.67. The lowest BCUT2D eigenvalue weighted by atomic mass is 9.92. The molecule has 2 aromatic carbocycles. The summed E-state index contributed by atoms with van der Waals surface area (Å²) in [5.74, 6) is 0.356. The zero-order valence-corrected chi connectivity index (χ0v) is 12.7. The molecule has 0 amide bonds. The van der Waals surface area contributed by atoms with Gasteiger partial charge in [0.05, 0.1) is 23.7 Å². The van der Waals surface area contributed by atoms with Crippen molar-refractivity contribution in [2.24, 2.45) is 0 Å².